The minimum atomic E-state index is 0.0983. The van der Waals surface area contributed by atoms with Crippen molar-refractivity contribution in [3.63, 3.8) is 0 Å². The molecule has 1 saturated heterocycles. The third-order valence-electron chi connectivity index (χ3n) is 4.68. The maximum absolute atomic E-state index is 12.4. The molecule has 7 nitrogen and oxygen atoms in total. The molecule has 0 bridgehead atoms. The summed E-state index contributed by atoms with van der Waals surface area (Å²) in [6.07, 6.45) is 5.17. The average molecular weight is 363 g/mol. The smallest absolute Gasteiger partial charge is 0.228 e. The van der Waals surface area contributed by atoms with Gasteiger partial charge in [-0.15, -0.1) is 0 Å². The minimum absolute atomic E-state index is 0.0983. The molecule has 4 rings (SSSR count). The van der Waals surface area contributed by atoms with E-state index in [2.05, 4.69) is 20.0 Å². The van der Waals surface area contributed by atoms with Crippen molar-refractivity contribution in [1.29, 1.82) is 0 Å². The van der Waals surface area contributed by atoms with Crippen LogP contribution in [0.4, 0.5) is 0 Å². The topological polar surface area (TPSA) is 75.4 Å². The lowest BCUT2D eigenvalue weighted by Crippen LogP contribution is -2.48. The van der Waals surface area contributed by atoms with Crippen LogP contribution in [0, 0.1) is 0 Å². The first-order valence-corrected chi connectivity index (χ1v) is 9.04. The summed E-state index contributed by atoms with van der Waals surface area (Å²) in [6.45, 7) is 3.74. The van der Waals surface area contributed by atoms with Crippen molar-refractivity contribution in [3.05, 3.63) is 66.4 Å². The van der Waals surface area contributed by atoms with Crippen molar-refractivity contribution in [2.75, 3.05) is 26.2 Å². The lowest BCUT2D eigenvalue weighted by atomic mass is 10.1. The Morgan fingerprint density at radius 3 is 2.63 bits per heavy atom. The molecule has 1 aromatic carbocycles. The highest BCUT2D eigenvalue weighted by Crippen LogP contribution is 2.19. The van der Waals surface area contributed by atoms with Crippen LogP contribution in [0.3, 0.4) is 0 Å². The van der Waals surface area contributed by atoms with E-state index < -0.39 is 0 Å². The molecule has 3 aromatic rings. The van der Waals surface area contributed by atoms with E-state index in [1.165, 1.54) is 0 Å². The lowest BCUT2D eigenvalue weighted by Gasteiger charge is -2.34. The zero-order chi connectivity index (χ0) is 18.5. The summed E-state index contributed by atoms with van der Waals surface area (Å²) in [4.78, 5) is 24.8. The zero-order valence-electron chi connectivity index (χ0n) is 15.0. The standard InChI is InChI=1S/C20H21N5O2/c26-20(12-17-14-21-6-7-22-17)25-10-8-24(9-11-25)15-18-13-19(23-27-18)16-4-2-1-3-5-16/h1-7,13-14H,8-12,15H2. The van der Waals surface area contributed by atoms with Crippen LogP contribution in [0.15, 0.2) is 59.5 Å². The number of amides is 1. The van der Waals surface area contributed by atoms with Crippen molar-refractivity contribution in [3.8, 4) is 11.3 Å². The van der Waals surface area contributed by atoms with E-state index in [0.717, 1.165) is 30.1 Å². The highest BCUT2D eigenvalue weighted by molar-refractivity contribution is 5.78. The minimum Gasteiger partial charge on any atom is -0.359 e. The first-order valence-electron chi connectivity index (χ1n) is 9.04. The normalized spacial score (nSPS) is 15.0. The molecule has 1 aliphatic rings. The second-order valence-corrected chi connectivity index (χ2v) is 6.57. The molecule has 0 unspecified atom stereocenters. The SMILES string of the molecule is O=C(Cc1cnccn1)N1CCN(Cc2cc(-c3ccccc3)no2)CC1. The van der Waals surface area contributed by atoms with Gasteiger partial charge in [-0.2, -0.15) is 0 Å². The average Bonchev–Trinajstić information content (AvgIpc) is 3.18. The van der Waals surface area contributed by atoms with Gasteiger partial charge in [-0.3, -0.25) is 19.7 Å². The molecule has 7 heteroatoms. The van der Waals surface area contributed by atoms with E-state index in [4.69, 9.17) is 4.52 Å². The number of nitrogens with zero attached hydrogens (tertiary/aromatic N) is 5. The van der Waals surface area contributed by atoms with Crippen molar-refractivity contribution in [2.24, 2.45) is 0 Å². The van der Waals surface area contributed by atoms with Crippen LogP contribution < -0.4 is 0 Å². The first kappa shape index (κ1) is 17.4. The summed E-state index contributed by atoms with van der Waals surface area (Å²) in [7, 11) is 0. The fraction of sp³-hybridized carbons (Fsp3) is 0.300. The van der Waals surface area contributed by atoms with E-state index in [1.54, 1.807) is 18.6 Å². The largest absolute Gasteiger partial charge is 0.359 e. The summed E-state index contributed by atoms with van der Waals surface area (Å²) in [5.74, 6) is 0.939. The molecular weight excluding hydrogens is 342 g/mol. The van der Waals surface area contributed by atoms with Crippen LogP contribution in [0.2, 0.25) is 0 Å². The number of carbonyl (C=O) groups is 1. The third-order valence-corrected chi connectivity index (χ3v) is 4.68. The van der Waals surface area contributed by atoms with E-state index in [-0.39, 0.29) is 5.91 Å². The van der Waals surface area contributed by atoms with Gasteiger partial charge in [0.2, 0.25) is 5.91 Å². The number of hydrogen-bond acceptors (Lipinski definition) is 6. The molecule has 0 N–H and O–H groups in total. The molecule has 0 spiro atoms. The Hall–Kier alpha value is -3.06. The predicted molar refractivity (Wildman–Crippen MR) is 99.5 cm³/mol. The number of hydrogen-bond donors (Lipinski definition) is 0. The molecule has 0 aliphatic carbocycles. The van der Waals surface area contributed by atoms with Gasteiger partial charge in [0.05, 0.1) is 18.7 Å². The summed E-state index contributed by atoms with van der Waals surface area (Å²) in [6, 6.07) is 12.0. The van der Waals surface area contributed by atoms with Crippen molar-refractivity contribution < 1.29 is 9.32 Å². The molecule has 1 fully saturated rings. The first-order chi connectivity index (χ1) is 13.3. The number of carbonyl (C=O) groups excluding carboxylic acids is 1. The van der Waals surface area contributed by atoms with Gasteiger partial charge >= 0.3 is 0 Å². The van der Waals surface area contributed by atoms with Crippen LogP contribution in [-0.2, 0) is 17.8 Å². The highest BCUT2D eigenvalue weighted by atomic mass is 16.5. The van der Waals surface area contributed by atoms with Gasteiger partial charge in [0.25, 0.3) is 0 Å². The van der Waals surface area contributed by atoms with Crippen molar-refractivity contribution in [1.82, 2.24) is 24.9 Å². The van der Waals surface area contributed by atoms with Gasteiger partial charge < -0.3 is 9.42 Å². The number of benzene rings is 1. The van der Waals surface area contributed by atoms with E-state index in [1.807, 2.05) is 41.3 Å². The Morgan fingerprint density at radius 2 is 1.89 bits per heavy atom. The fourth-order valence-electron chi connectivity index (χ4n) is 3.20. The molecule has 27 heavy (non-hydrogen) atoms. The molecule has 0 radical (unpaired) electrons. The molecule has 1 amide bonds. The number of piperazine rings is 1. The van der Waals surface area contributed by atoms with Crippen molar-refractivity contribution >= 4 is 5.91 Å². The Bertz CT molecular complexity index is 874. The third kappa shape index (κ3) is 4.38. The lowest BCUT2D eigenvalue weighted by molar-refractivity contribution is -0.132. The molecule has 0 saturated carbocycles. The van der Waals surface area contributed by atoms with Gasteiger partial charge in [-0.25, -0.2) is 0 Å². The Labute approximate surface area is 157 Å². The Kier molecular flexibility index (Phi) is 5.20. The number of aromatic nitrogens is 3. The Morgan fingerprint density at radius 1 is 1.07 bits per heavy atom. The van der Waals surface area contributed by atoms with Crippen LogP contribution >= 0.6 is 0 Å². The van der Waals surface area contributed by atoms with Crippen LogP contribution in [0.5, 0.6) is 0 Å². The summed E-state index contributed by atoms with van der Waals surface area (Å²) >= 11 is 0. The summed E-state index contributed by atoms with van der Waals surface area (Å²) in [5.41, 5.74) is 2.61. The van der Waals surface area contributed by atoms with Crippen LogP contribution in [0.25, 0.3) is 11.3 Å². The highest BCUT2D eigenvalue weighted by Gasteiger charge is 2.22. The maximum atomic E-state index is 12.4. The fourth-order valence-corrected chi connectivity index (χ4v) is 3.20. The molecule has 3 heterocycles. The van der Waals surface area contributed by atoms with Gasteiger partial charge in [-0.05, 0) is 0 Å². The molecular formula is C20H21N5O2. The second kappa shape index (κ2) is 8.09. The van der Waals surface area contributed by atoms with Gasteiger partial charge in [0.1, 0.15) is 5.69 Å². The molecule has 0 atom stereocenters. The van der Waals surface area contributed by atoms with Crippen LogP contribution in [-0.4, -0.2) is 57.0 Å². The number of rotatable bonds is 5. The summed E-state index contributed by atoms with van der Waals surface area (Å²) < 4.78 is 5.49. The van der Waals surface area contributed by atoms with Gasteiger partial charge in [-0.1, -0.05) is 35.5 Å². The maximum Gasteiger partial charge on any atom is 0.228 e. The monoisotopic (exact) mass is 363 g/mol. The summed E-state index contributed by atoms with van der Waals surface area (Å²) in [5, 5.41) is 4.16. The van der Waals surface area contributed by atoms with Gasteiger partial charge in [0, 0.05) is 56.4 Å². The Balaban J connectivity index is 1.28. The van der Waals surface area contributed by atoms with Crippen LogP contribution in [0.1, 0.15) is 11.5 Å². The van der Waals surface area contributed by atoms with E-state index in [0.29, 0.717) is 31.7 Å². The predicted octanol–water partition coefficient (Wildman–Crippen LogP) is 2.02. The second-order valence-electron chi connectivity index (χ2n) is 6.57. The van der Waals surface area contributed by atoms with E-state index in [9.17, 15) is 4.79 Å². The zero-order valence-corrected chi connectivity index (χ0v) is 15.0. The van der Waals surface area contributed by atoms with E-state index >= 15 is 0 Å². The van der Waals surface area contributed by atoms with Gasteiger partial charge in [0.15, 0.2) is 5.76 Å². The quantitative estimate of drug-likeness (QED) is 0.690. The molecule has 2 aromatic heterocycles. The molecule has 1 aliphatic heterocycles. The molecule has 138 valence electrons. The van der Waals surface area contributed by atoms with Crippen molar-refractivity contribution in [2.45, 2.75) is 13.0 Å².